The lowest BCUT2D eigenvalue weighted by Gasteiger charge is -2.33. The van der Waals surface area contributed by atoms with Crippen LogP contribution in [0.15, 0.2) is 48.7 Å². The van der Waals surface area contributed by atoms with Gasteiger partial charge in [0.2, 0.25) is 11.8 Å². The predicted octanol–water partition coefficient (Wildman–Crippen LogP) is 5.17. The van der Waals surface area contributed by atoms with Crippen molar-refractivity contribution < 1.29 is 24.3 Å². The molecule has 2 fully saturated rings. The molecule has 1 aliphatic carbocycles. The molecule has 1 saturated heterocycles. The Morgan fingerprint density at radius 3 is 2.24 bits per heavy atom. The zero-order chi connectivity index (χ0) is 33.0. The first kappa shape index (κ1) is 33.6. The van der Waals surface area contributed by atoms with E-state index >= 15 is 0 Å². The molecule has 246 valence electrons. The summed E-state index contributed by atoms with van der Waals surface area (Å²) >= 11 is 12.4. The highest BCUT2D eigenvalue weighted by atomic mass is 35.5. The van der Waals surface area contributed by atoms with E-state index in [-0.39, 0.29) is 24.8 Å². The van der Waals surface area contributed by atoms with Crippen LogP contribution in [-0.4, -0.2) is 70.0 Å². The van der Waals surface area contributed by atoms with E-state index in [4.69, 9.17) is 23.2 Å². The number of benzene rings is 2. The van der Waals surface area contributed by atoms with Crippen LogP contribution >= 0.6 is 23.2 Å². The number of carboxylic acid groups (broad SMARTS) is 1. The third kappa shape index (κ3) is 8.33. The van der Waals surface area contributed by atoms with E-state index < -0.39 is 35.9 Å². The number of nitrogens with one attached hydrogen (secondary N) is 4. The molecule has 0 spiro atoms. The molecule has 1 aromatic heterocycles. The first-order valence-electron chi connectivity index (χ1n) is 15.8. The maximum atomic E-state index is 13.9. The van der Waals surface area contributed by atoms with Crippen LogP contribution in [0.2, 0.25) is 10.0 Å². The molecule has 2 aromatic carbocycles. The fraction of sp³-hybridized carbons (Fsp3) is 0.471. The Morgan fingerprint density at radius 2 is 1.54 bits per heavy atom. The van der Waals surface area contributed by atoms with Crippen LogP contribution in [0.5, 0.6) is 0 Å². The molecule has 10 nitrogen and oxygen atoms in total. The highest BCUT2D eigenvalue weighted by Crippen LogP contribution is 2.36. The Balaban J connectivity index is 1.36. The first-order valence-corrected chi connectivity index (χ1v) is 16.6. The Kier molecular flexibility index (Phi) is 10.8. The van der Waals surface area contributed by atoms with Crippen molar-refractivity contribution in [3.05, 3.63) is 69.8 Å². The number of nitrogens with zero attached hydrogens (tertiary/aromatic N) is 1. The van der Waals surface area contributed by atoms with Crippen LogP contribution < -0.4 is 16.0 Å². The Hall–Kier alpha value is -3.76. The van der Waals surface area contributed by atoms with Crippen molar-refractivity contribution in [1.29, 1.82) is 0 Å². The molecule has 12 heteroatoms. The summed E-state index contributed by atoms with van der Waals surface area (Å²) in [6.07, 6.45) is 5.50. The van der Waals surface area contributed by atoms with Crippen molar-refractivity contribution in [2.75, 3.05) is 13.1 Å². The average molecular weight is 671 g/mol. The summed E-state index contributed by atoms with van der Waals surface area (Å²) in [5, 5.41) is 20.0. The van der Waals surface area contributed by atoms with E-state index in [1.807, 2.05) is 38.1 Å². The third-order valence-electron chi connectivity index (χ3n) is 8.99. The van der Waals surface area contributed by atoms with Gasteiger partial charge in [-0.3, -0.25) is 9.59 Å². The second-order valence-corrected chi connectivity index (χ2v) is 13.9. The highest BCUT2D eigenvalue weighted by Gasteiger charge is 2.37. The molecule has 5 rings (SSSR count). The molecule has 1 aliphatic heterocycles. The fourth-order valence-corrected chi connectivity index (χ4v) is 7.10. The van der Waals surface area contributed by atoms with E-state index in [9.17, 15) is 24.3 Å². The Bertz CT molecular complexity index is 1580. The van der Waals surface area contributed by atoms with E-state index in [0.717, 1.165) is 35.7 Å². The SMILES string of the molecule is CC(C)C[C@H](NC(=O)N1C[C@@H]2CC[C@@H](C2)C1)C(=O)N[C@H](Cc1c[nH]c2ccccc12)C(=O)N[C@H](Cc1cc(Cl)ccc1Cl)C(=O)O. The largest absolute Gasteiger partial charge is 0.480 e. The minimum absolute atomic E-state index is 0.0771. The predicted molar refractivity (Wildman–Crippen MR) is 178 cm³/mol. The van der Waals surface area contributed by atoms with Gasteiger partial charge in [0.05, 0.1) is 0 Å². The number of piperidine rings is 1. The summed E-state index contributed by atoms with van der Waals surface area (Å²) in [5.74, 6) is -1.38. The fourth-order valence-electron chi connectivity index (χ4n) is 6.71. The molecule has 3 aromatic rings. The van der Waals surface area contributed by atoms with Crippen molar-refractivity contribution >= 4 is 57.9 Å². The zero-order valence-electron chi connectivity index (χ0n) is 26.0. The number of H-pyrrole nitrogens is 1. The molecule has 0 unspecified atom stereocenters. The minimum Gasteiger partial charge on any atom is -0.480 e. The maximum Gasteiger partial charge on any atom is 0.326 e. The van der Waals surface area contributed by atoms with E-state index in [1.165, 1.54) is 0 Å². The second-order valence-electron chi connectivity index (χ2n) is 13.0. The summed E-state index contributed by atoms with van der Waals surface area (Å²) in [6, 6.07) is 8.66. The number of hydrogen-bond acceptors (Lipinski definition) is 4. The molecule has 5 N–H and O–H groups in total. The van der Waals surface area contributed by atoms with Gasteiger partial charge in [-0.15, -0.1) is 0 Å². The van der Waals surface area contributed by atoms with E-state index in [2.05, 4.69) is 20.9 Å². The zero-order valence-corrected chi connectivity index (χ0v) is 27.5. The van der Waals surface area contributed by atoms with Crippen molar-refractivity contribution in [3.63, 3.8) is 0 Å². The highest BCUT2D eigenvalue weighted by molar-refractivity contribution is 6.33. The van der Waals surface area contributed by atoms with Crippen molar-refractivity contribution in [2.24, 2.45) is 17.8 Å². The van der Waals surface area contributed by atoms with Gasteiger partial charge in [-0.05, 0) is 78.8 Å². The summed E-state index contributed by atoms with van der Waals surface area (Å²) in [6.45, 7) is 5.28. The van der Waals surface area contributed by atoms with Gasteiger partial charge in [-0.2, -0.15) is 0 Å². The van der Waals surface area contributed by atoms with Gasteiger partial charge in [0.15, 0.2) is 0 Å². The number of carbonyl (C=O) groups excluding carboxylic acids is 3. The monoisotopic (exact) mass is 669 g/mol. The van der Waals surface area contributed by atoms with Crippen LogP contribution in [0, 0.1) is 17.8 Å². The van der Waals surface area contributed by atoms with Gasteiger partial charge in [-0.25, -0.2) is 9.59 Å². The van der Waals surface area contributed by atoms with Gasteiger partial charge >= 0.3 is 12.0 Å². The second kappa shape index (κ2) is 14.8. The number of amides is 4. The van der Waals surface area contributed by atoms with Gasteiger partial charge < -0.3 is 30.9 Å². The molecular weight excluding hydrogens is 629 g/mol. The molecular formula is C34H41Cl2N5O5. The molecule has 2 bridgehead atoms. The molecule has 5 atom stereocenters. The lowest BCUT2D eigenvalue weighted by atomic mass is 9.99. The maximum absolute atomic E-state index is 13.9. The number of para-hydroxylation sites is 1. The number of aromatic amines is 1. The van der Waals surface area contributed by atoms with Crippen molar-refractivity contribution in [2.45, 2.75) is 70.5 Å². The number of hydrogen-bond donors (Lipinski definition) is 5. The number of likely N-dealkylation sites (tertiary alicyclic amines) is 1. The van der Waals surface area contributed by atoms with Crippen LogP contribution in [0.25, 0.3) is 10.9 Å². The molecule has 46 heavy (non-hydrogen) atoms. The van der Waals surface area contributed by atoms with Crippen LogP contribution in [0.3, 0.4) is 0 Å². The van der Waals surface area contributed by atoms with Crippen molar-refractivity contribution in [1.82, 2.24) is 25.8 Å². The topological polar surface area (TPSA) is 144 Å². The lowest BCUT2D eigenvalue weighted by Crippen LogP contribution is -2.58. The van der Waals surface area contributed by atoms with Gasteiger partial charge in [0.25, 0.3) is 0 Å². The molecule has 2 heterocycles. The number of carbonyl (C=O) groups is 4. The van der Waals surface area contributed by atoms with Crippen LogP contribution in [0.1, 0.15) is 50.7 Å². The number of urea groups is 1. The number of carboxylic acids is 1. The Morgan fingerprint density at radius 1 is 0.891 bits per heavy atom. The van der Waals surface area contributed by atoms with Crippen LogP contribution in [0.4, 0.5) is 4.79 Å². The molecule has 2 aliphatic rings. The Labute approximate surface area is 278 Å². The summed E-state index contributed by atoms with van der Waals surface area (Å²) in [4.78, 5) is 58.3. The summed E-state index contributed by atoms with van der Waals surface area (Å²) in [7, 11) is 0. The van der Waals surface area contributed by atoms with E-state index in [0.29, 0.717) is 47.0 Å². The average Bonchev–Trinajstić information content (AvgIpc) is 3.58. The van der Waals surface area contributed by atoms with Crippen LogP contribution in [-0.2, 0) is 27.2 Å². The van der Waals surface area contributed by atoms with E-state index in [1.54, 1.807) is 29.3 Å². The standard InChI is InChI=1S/C34H41Cl2N5O5/c1-19(2)11-28(40-34(46)41-17-20-7-8-21(12-20)18-41)31(42)38-29(15-23-16-37-27-6-4-3-5-25(23)27)32(43)39-30(33(44)45)14-22-13-24(35)9-10-26(22)36/h3-6,9-10,13,16,19-21,28-30,37H,7-8,11-12,14-15,17-18H2,1-2H3,(H,38,42)(H,39,43)(H,40,46)(H,44,45)/t20-,21+,28-,29+,30+/m0/s1. The number of halogens is 2. The number of fused-ring (bicyclic) bond motifs is 3. The quantitative estimate of drug-likeness (QED) is 0.181. The summed E-state index contributed by atoms with van der Waals surface area (Å²) in [5.41, 5.74) is 2.10. The number of aromatic nitrogens is 1. The van der Waals surface area contributed by atoms with Gasteiger partial charge in [0, 0.05) is 53.1 Å². The smallest absolute Gasteiger partial charge is 0.326 e. The number of rotatable bonds is 12. The van der Waals surface area contributed by atoms with Gasteiger partial charge in [-0.1, -0.05) is 55.2 Å². The lowest BCUT2D eigenvalue weighted by molar-refractivity contribution is -0.142. The first-order chi connectivity index (χ1) is 22.0. The minimum atomic E-state index is -1.34. The molecule has 4 amide bonds. The number of aliphatic carboxylic acids is 1. The van der Waals surface area contributed by atoms with Crippen molar-refractivity contribution in [3.8, 4) is 0 Å². The molecule has 0 radical (unpaired) electrons. The summed E-state index contributed by atoms with van der Waals surface area (Å²) < 4.78 is 0. The van der Waals surface area contributed by atoms with Gasteiger partial charge in [0.1, 0.15) is 18.1 Å². The molecule has 1 saturated carbocycles. The third-order valence-corrected chi connectivity index (χ3v) is 9.60. The normalized spacial score (nSPS) is 19.5.